The molecule has 2 heterocycles. The number of halogens is 1. The lowest BCUT2D eigenvalue weighted by Gasteiger charge is -2.26. The number of aromatic amines is 1. The van der Waals surface area contributed by atoms with E-state index in [1.807, 2.05) is 31.2 Å². The minimum atomic E-state index is -0.533. The molecule has 2 N–H and O–H groups in total. The highest BCUT2D eigenvalue weighted by atomic mass is 19.1. The molecule has 1 saturated carbocycles. The fourth-order valence-electron chi connectivity index (χ4n) is 4.26. The third kappa shape index (κ3) is 3.75. The summed E-state index contributed by atoms with van der Waals surface area (Å²) < 4.78 is 19.1. The number of ether oxygens (including phenoxy) is 1. The predicted octanol–water partition coefficient (Wildman–Crippen LogP) is 4.97. The highest BCUT2D eigenvalue weighted by Crippen LogP contribution is 2.34. The minimum absolute atomic E-state index is 0.131. The number of para-hydroxylation sites is 1. The molecule has 1 aliphatic heterocycles. The van der Waals surface area contributed by atoms with Gasteiger partial charge < -0.3 is 19.9 Å². The Hall–Kier alpha value is -3.61. The Morgan fingerprint density at radius 1 is 1.12 bits per heavy atom. The Balaban J connectivity index is 1.54. The van der Waals surface area contributed by atoms with Crippen molar-refractivity contribution in [3.05, 3.63) is 77.4 Å². The van der Waals surface area contributed by atoms with Gasteiger partial charge >= 0.3 is 6.09 Å². The van der Waals surface area contributed by atoms with Gasteiger partial charge in [0.25, 0.3) is 5.91 Å². The van der Waals surface area contributed by atoms with Gasteiger partial charge in [0.2, 0.25) is 0 Å². The number of fused-ring (bicyclic) bond motifs is 3. The van der Waals surface area contributed by atoms with Crippen LogP contribution in [0, 0.1) is 5.82 Å². The topological polar surface area (TPSA) is 74.4 Å². The maximum atomic E-state index is 13.4. The molecular weight excluding hydrogens is 409 g/mol. The number of aromatic nitrogens is 1. The highest BCUT2D eigenvalue weighted by molar-refractivity contribution is 5.97. The lowest BCUT2D eigenvalue weighted by atomic mass is 9.93. The molecule has 164 valence electrons. The molecule has 1 atom stereocenters. The summed E-state index contributed by atoms with van der Waals surface area (Å²) in [4.78, 5) is 30.8. The first-order valence-corrected chi connectivity index (χ1v) is 10.9. The van der Waals surface area contributed by atoms with Gasteiger partial charge in [-0.3, -0.25) is 4.79 Å². The average Bonchev–Trinajstić information content (AvgIpc) is 3.05. The van der Waals surface area contributed by atoms with Crippen LogP contribution in [0.2, 0.25) is 0 Å². The third-order valence-corrected chi connectivity index (χ3v) is 6.25. The normalized spacial score (nSPS) is 18.4. The lowest BCUT2D eigenvalue weighted by molar-refractivity contribution is 0.0777. The van der Waals surface area contributed by atoms with Crippen LogP contribution in [-0.2, 0) is 11.2 Å². The number of amides is 2. The van der Waals surface area contributed by atoms with Crippen LogP contribution < -0.4 is 5.32 Å². The van der Waals surface area contributed by atoms with Gasteiger partial charge in [-0.1, -0.05) is 18.2 Å². The number of carbonyl (C=O) groups is 2. The molecule has 1 aromatic heterocycles. The third-order valence-electron chi connectivity index (χ3n) is 6.25. The van der Waals surface area contributed by atoms with Crippen molar-refractivity contribution >= 4 is 28.7 Å². The maximum absolute atomic E-state index is 13.4. The van der Waals surface area contributed by atoms with Crippen LogP contribution in [0.4, 0.5) is 9.18 Å². The second-order valence-corrected chi connectivity index (χ2v) is 8.45. The van der Waals surface area contributed by atoms with Gasteiger partial charge in [-0.2, -0.15) is 0 Å². The molecule has 1 aliphatic carbocycles. The summed E-state index contributed by atoms with van der Waals surface area (Å²) in [6.07, 6.45) is 4.60. The van der Waals surface area contributed by atoms with E-state index >= 15 is 0 Å². The largest absolute Gasteiger partial charge is 0.412 e. The molecule has 2 amide bonds. The summed E-state index contributed by atoms with van der Waals surface area (Å²) in [7, 11) is 0. The lowest BCUT2D eigenvalue weighted by Crippen LogP contribution is -2.39. The van der Waals surface area contributed by atoms with Crippen molar-refractivity contribution in [2.75, 3.05) is 0 Å². The Bertz CT molecular complexity index is 1210. The van der Waals surface area contributed by atoms with Gasteiger partial charge in [0.15, 0.2) is 5.76 Å². The monoisotopic (exact) mass is 433 g/mol. The molecule has 1 fully saturated rings. The van der Waals surface area contributed by atoms with E-state index in [1.165, 1.54) is 24.3 Å². The molecule has 3 aromatic rings. The van der Waals surface area contributed by atoms with Crippen LogP contribution in [0.25, 0.3) is 16.7 Å². The van der Waals surface area contributed by atoms with E-state index in [9.17, 15) is 14.0 Å². The van der Waals surface area contributed by atoms with E-state index in [0.717, 1.165) is 35.7 Å². The minimum Gasteiger partial charge on any atom is -0.407 e. The molecule has 0 bridgehead atoms. The molecule has 1 unspecified atom stereocenters. The molecule has 0 saturated heterocycles. The van der Waals surface area contributed by atoms with Gasteiger partial charge in [0.05, 0.1) is 11.9 Å². The SMILES string of the molecule is CC1Cc2c([nH]c3ccccc23)C(OC(=O)NC2CCC2)=CN1C(=O)c1ccc(F)cc1. The summed E-state index contributed by atoms with van der Waals surface area (Å²) in [5.74, 6) is -0.403. The molecule has 5 rings (SSSR count). The Labute approximate surface area is 185 Å². The summed E-state index contributed by atoms with van der Waals surface area (Å²) in [5, 5.41) is 3.91. The van der Waals surface area contributed by atoms with E-state index in [-0.39, 0.29) is 23.8 Å². The van der Waals surface area contributed by atoms with E-state index < -0.39 is 11.9 Å². The Morgan fingerprint density at radius 3 is 2.59 bits per heavy atom. The number of carbonyl (C=O) groups excluding carboxylic acids is 2. The second kappa shape index (κ2) is 8.15. The van der Waals surface area contributed by atoms with Gasteiger partial charge in [-0.25, -0.2) is 9.18 Å². The van der Waals surface area contributed by atoms with Crippen molar-refractivity contribution < 1.29 is 18.7 Å². The fraction of sp³-hybridized carbons (Fsp3) is 0.280. The number of hydrogen-bond acceptors (Lipinski definition) is 3. The van der Waals surface area contributed by atoms with Gasteiger partial charge in [0, 0.05) is 28.6 Å². The van der Waals surface area contributed by atoms with Gasteiger partial charge in [-0.15, -0.1) is 0 Å². The van der Waals surface area contributed by atoms with Crippen molar-refractivity contribution in [1.29, 1.82) is 0 Å². The zero-order chi connectivity index (χ0) is 22.2. The van der Waals surface area contributed by atoms with Crippen LogP contribution in [0.3, 0.4) is 0 Å². The molecule has 0 radical (unpaired) electrons. The molecule has 2 aromatic carbocycles. The van der Waals surface area contributed by atoms with Crippen LogP contribution in [0.1, 0.15) is 47.8 Å². The van der Waals surface area contributed by atoms with Crippen molar-refractivity contribution in [2.24, 2.45) is 0 Å². The molecule has 7 heteroatoms. The molecule has 2 aliphatic rings. The predicted molar refractivity (Wildman–Crippen MR) is 119 cm³/mol. The number of H-pyrrole nitrogens is 1. The molecule has 6 nitrogen and oxygen atoms in total. The van der Waals surface area contributed by atoms with Gasteiger partial charge in [0.1, 0.15) is 5.82 Å². The molecule has 32 heavy (non-hydrogen) atoms. The summed E-state index contributed by atoms with van der Waals surface area (Å²) in [6, 6.07) is 13.3. The number of rotatable bonds is 3. The van der Waals surface area contributed by atoms with E-state index in [0.29, 0.717) is 17.7 Å². The molecule has 0 spiro atoms. The van der Waals surface area contributed by atoms with Gasteiger partial charge in [-0.05, 0) is 68.5 Å². The fourth-order valence-corrected chi connectivity index (χ4v) is 4.26. The van der Waals surface area contributed by atoms with E-state index in [4.69, 9.17) is 4.74 Å². The number of alkyl carbamates (subject to hydrolysis) is 1. The smallest absolute Gasteiger partial charge is 0.407 e. The zero-order valence-corrected chi connectivity index (χ0v) is 17.7. The molecular formula is C25H24FN3O3. The first-order valence-electron chi connectivity index (χ1n) is 10.9. The quantitative estimate of drug-likeness (QED) is 0.612. The van der Waals surface area contributed by atoms with E-state index in [2.05, 4.69) is 10.3 Å². The van der Waals surface area contributed by atoms with Crippen molar-refractivity contribution in [3.63, 3.8) is 0 Å². The van der Waals surface area contributed by atoms with E-state index in [1.54, 1.807) is 11.1 Å². The Morgan fingerprint density at radius 2 is 1.88 bits per heavy atom. The van der Waals surface area contributed by atoms with Crippen LogP contribution >= 0.6 is 0 Å². The first kappa shape index (κ1) is 20.3. The van der Waals surface area contributed by atoms with Crippen LogP contribution in [-0.4, -0.2) is 34.0 Å². The maximum Gasteiger partial charge on any atom is 0.412 e. The first-order chi connectivity index (χ1) is 15.5. The zero-order valence-electron chi connectivity index (χ0n) is 17.7. The number of nitrogens with one attached hydrogen (secondary N) is 2. The summed E-state index contributed by atoms with van der Waals surface area (Å²) in [5.41, 5.74) is 2.99. The van der Waals surface area contributed by atoms with Crippen molar-refractivity contribution in [2.45, 2.75) is 44.7 Å². The average molecular weight is 433 g/mol. The van der Waals surface area contributed by atoms with Crippen LogP contribution in [0.5, 0.6) is 0 Å². The number of hydrogen-bond donors (Lipinski definition) is 2. The van der Waals surface area contributed by atoms with Crippen molar-refractivity contribution in [1.82, 2.24) is 15.2 Å². The van der Waals surface area contributed by atoms with Crippen LogP contribution in [0.15, 0.2) is 54.7 Å². The van der Waals surface area contributed by atoms with Crippen molar-refractivity contribution in [3.8, 4) is 0 Å². The Kier molecular flexibility index (Phi) is 5.17. The second-order valence-electron chi connectivity index (χ2n) is 8.45. The standard InChI is InChI=1S/C25H24FN3O3/c1-15-13-20-19-7-2-3-8-21(19)28-23(20)22(32-25(31)27-18-5-4-6-18)14-29(15)24(30)16-9-11-17(26)12-10-16/h2-3,7-12,14-15,18,28H,4-6,13H2,1H3,(H,27,31). The summed E-state index contributed by atoms with van der Waals surface area (Å²) in [6.45, 7) is 1.95. The number of nitrogens with zero attached hydrogens (tertiary/aromatic N) is 1. The summed E-state index contributed by atoms with van der Waals surface area (Å²) >= 11 is 0. The number of benzene rings is 2. The highest BCUT2D eigenvalue weighted by Gasteiger charge is 2.30.